The van der Waals surface area contributed by atoms with Gasteiger partial charge in [-0.3, -0.25) is 0 Å². The van der Waals surface area contributed by atoms with Gasteiger partial charge in [0.05, 0.1) is 12.7 Å². The number of aliphatic hydroxyl groups is 1. The first kappa shape index (κ1) is 26.7. The zero-order valence-corrected chi connectivity index (χ0v) is 21.2. The van der Waals surface area contributed by atoms with E-state index in [0.717, 1.165) is 28.7 Å². The van der Waals surface area contributed by atoms with Crippen molar-refractivity contribution in [2.24, 2.45) is 5.92 Å². The van der Waals surface area contributed by atoms with Crippen LogP contribution in [0.4, 0.5) is 13.2 Å². The van der Waals surface area contributed by atoms with Crippen LogP contribution in [0.3, 0.4) is 0 Å². The molecule has 0 heterocycles. The zero-order chi connectivity index (χ0) is 26.4. The first-order valence-corrected chi connectivity index (χ1v) is 12.8. The van der Waals surface area contributed by atoms with Gasteiger partial charge in [-0.1, -0.05) is 54.6 Å². The summed E-state index contributed by atoms with van der Waals surface area (Å²) in [6, 6.07) is 15.9. The van der Waals surface area contributed by atoms with Gasteiger partial charge < -0.3 is 9.84 Å². The van der Waals surface area contributed by atoms with Crippen molar-refractivity contribution in [1.29, 1.82) is 0 Å². The van der Waals surface area contributed by atoms with E-state index in [-0.39, 0.29) is 11.7 Å². The van der Waals surface area contributed by atoms with Crippen LogP contribution in [0.5, 0.6) is 5.75 Å². The van der Waals surface area contributed by atoms with Gasteiger partial charge in [-0.15, -0.1) is 6.58 Å². The molecule has 0 aromatic heterocycles. The summed E-state index contributed by atoms with van der Waals surface area (Å²) in [5, 5.41) is 9.76. The van der Waals surface area contributed by atoms with E-state index in [1.54, 1.807) is 31.2 Å². The number of halogens is 3. The number of allylic oxidation sites excluding steroid dienone is 2. The second-order valence-electron chi connectivity index (χ2n) is 9.67. The summed E-state index contributed by atoms with van der Waals surface area (Å²) in [5.74, 6) is -1.63. The molecule has 1 N–H and O–H groups in total. The zero-order valence-electron chi connectivity index (χ0n) is 21.2. The smallest absolute Gasteiger partial charge is 0.166 e. The lowest BCUT2D eigenvalue weighted by atomic mass is 9.83. The fourth-order valence-electron chi connectivity index (χ4n) is 4.76. The fraction of sp³-hybridized carbons (Fsp3) is 0.312. The van der Waals surface area contributed by atoms with Gasteiger partial charge in [0.2, 0.25) is 0 Å². The Morgan fingerprint density at radius 2 is 1.76 bits per heavy atom. The minimum Gasteiger partial charge on any atom is -0.490 e. The van der Waals surface area contributed by atoms with Gasteiger partial charge >= 0.3 is 0 Å². The second kappa shape index (κ2) is 12.3. The quantitative estimate of drug-likeness (QED) is 0.223. The predicted octanol–water partition coefficient (Wildman–Crippen LogP) is 8.08. The predicted molar refractivity (Wildman–Crippen MR) is 143 cm³/mol. The monoisotopic (exact) mass is 506 g/mol. The molecule has 0 saturated heterocycles. The highest BCUT2D eigenvalue weighted by atomic mass is 19.2. The van der Waals surface area contributed by atoms with E-state index in [9.17, 15) is 18.3 Å². The number of benzene rings is 3. The number of aryl methyl sites for hydroxylation is 2. The summed E-state index contributed by atoms with van der Waals surface area (Å²) in [7, 11) is 0. The molecule has 0 amide bonds. The van der Waals surface area contributed by atoms with Crippen molar-refractivity contribution in [3.8, 4) is 16.9 Å². The van der Waals surface area contributed by atoms with Crippen LogP contribution in [0.25, 0.3) is 16.7 Å². The maximum absolute atomic E-state index is 14.9. The van der Waals surface area contributed by atoms with Crippen LogP contribution >= 0.6 is 0 Å². The van der Waals surface area contributed by atoms with Crippen molar-refractivity contribution < 1.29 is 23.0 Å². The maximum atomic E-state index is 14.9. The first-order chi connectivity index (χ1) is 17.9. The molecule has 5 heteroatoms. The van der Waals surface area contributed by atoms with E-state index in [4.69, 9.17) is 4.74 Å². The third-order valence-corrected chi connectivity index (χ3v) is 7.12. The molecule has 0 saturated carbocycles. The van der Waals surface area contributed by atoms with Crippen molar-refractivity contribution in [2.45, 2.75) is 51.6 Å². The molecule has 1 aliphatic rings. The van der Waals surface area contributed by atoms with Gasteiger partial charge in [0.1, 0.15) is 0 Å². The van der Waals surface area contributed by atoms with Gasteiger partial charge in [-0.05, 0) is 91.3 Å². The summed E-state index contributed by atoms with van der Waals surface area (Å²) in [6.07, 6.45) is 6.89. The molecule has 2 nitrogen and oxygen atoms in total. The average molecular weight is 507 g/mol. The van der Waals surface area contributed by atoms with E-state index >= 15 is 0 Å². The molecule has 194 valence electrons. The van der Waals surface area contributed by atoms with Gasteiger partial charge in [0, 0.05) is 5.56 Å². The lowest BCUT2D eigenvalue weighted by molar-refractivity contribution is 0.120. The molecule has 0 spiro atoms. The van der Waals surface area contributed by atoms with E-state index in [0.29, 0.717) is 49.8 Å². The van der Waals surface area contributed by atoms with Crippen LogP contribution in [0.1, 0.15) is 49.3 Å². The lowest BCUT2D eigenvalue weighted by Gasteiger charge is -2.24. The minimum absolute atomic E-state index is 0.169. The third-order valence-electron chi connectivity index (χ3n) is 7.12. The Balaban J connectivity index is 1.39. The summed E-state index contributed by atoms with van der Waals surface area (Å²) in [5.41, 5.74) is 4.05. The average Bonchev–Trinajstić information content (AvgIpc) is 2.91. The Morgan fingerprint density at radius 3 is 2.41 bits per heavy atom. The molecule has 2 unspecified atom stereocenters. The van der Waals surface area contributed by atoms with Crippen LogP contribution in [-0.2, 0) is 12.8 Å². The van der Waals surface area contributed by atoms with E-state index in [1.165, 1.54) is 6.07 Å². The second-order valence-corrected chi connectivity index (χ2v) is 9.67. The van der Waals surface area contributed by atoms with Crippen LogP contribution in [0.2, 0.25) is 0 Å². The third kappa shape index (κ3) is 6.53. The van der Waals surface area contributed by atoms with Crippen LogP contribution in [-0.4, -0.2) is 17.8 Å². The molecule has 3 aromatic rings. The van der Waals surface area contributed by atoms with Crippen molar-refractivity contribution >= 4 is 5.57 Å². The number of hydrogen-bond acceptors (Lipinski definition) is 2. The van der Waals surface area contributed by atoms with Crippen molar-refractivity contribution in [3.63, 3.8) is 0 Å². The minimum atomic E-state index is -0.798. The van der Waals surface area contributed by atoms with E-state index in [2.05, 4.69) is 6.58 Å². The summed E-state index contributed by atoms with van der Waals surface area (Å²) < 4.78 is 49.6. The molecule has 3 aromatic carbocycles. The Hall–Kier alpha value is -3.31. The molecular formula is C32H33F3O2. The molecule has 0 fully saturated rings. The largest absolute Gasteiger partial charge is 0.490 e. The van der Waals surface area contributed by atoms with Crippen LogP contribution in [0.15, 0.2) is 73.3 Å². The van der Waals surface area contributed by atoms with Gasteiger partial charge in [-0.25, -0.2) is 13.2 Å². The first-order valence-electron chi connectivity index (χ1n) is 12.8. The Kier molecular flexibility index (Phi) is 8.88. The Labute approximate surface area is 217 Å². The van der Waals surface area contributed by atoms with E-state index < -0.39 is 23.6 Å². The molecule has 0 radical (unpaired) electrons. The van der Waals surface area contributed by atoms with Gasteiger partial charge in [0.15, 0.2) is 23.2 Å². The summed E-state index contributed by atoms with van der Waals surface area (Å²) in [6.45, 7) is 5.77. The molecule has 1 aliphatic carbocycles. The van der Waals surface area contributed by atoms with Crippen molar-refractivity contribution in [2.75, 3.05) is 6.61 Å². The number of hydrogen-bond donors (Lipinski definition) is 1. The molecule has 37 heavy (non-hydrogen) atoms. The Morgan fingerprint density at radius 1 is 1.00 bits per heavy atom. The number of ether oxygens (including phenoxy) is 1. The fourth-order valence-corrected chi connectivity index (χ4v) is 4.76. The summed E-state index contributed by atoms with van der Waals surface area (Å²) >= 11 is 0. The standard InChI is InChI=1S/C32H33F3O2/c1-3-4-19-37-30-18-16-27(20-29(30)33)24-8-5-22(6-9-24)7-10-26-15-17-28(32(35)31(26)34)25-13-11-23(12-14-25)21(2)36/h3,5-6,8-9,13,15-18,20-21,23,36H,1,4,7,10-12,14,19H2,2H3. The normalized spacial score (nSPS) is 16.2. The van der Waals surface area contributed by atoms with Gasteiger partial charge in [-0.2, -0.15) is 0 Å². The topological polar surface area (TPSA) is 29.5 Å². The summed E-state index contributed by atoms with van der Waals surface area (Å²) in [4.78, 5) is 0. The van der Waals surface area contributed by atoms with E-state index in [1.807, 2.05) is 36.4 Å². The highest BCUT2D eigenvalue weighted by Crippen LogP contribution is 2.34. The van der Waals surface area contributed by atoms with Crippen LogP contribution < -0.4 is 4.74 Å². The highest BCUT2D eigenvalue weighted by Gasteiger charge is 2.22. The van der Waals surface area contributed by atoms with Crippen molar-refractivity contribution in [1.82, 2.24) is 0 Å². The molecule has 0 aliphatic heterocycles. The molecule has 4 rings (SSSR count). The van der Waals surface area contributed by atoms with Gasteiger partial charge in [0.25, 0.3) is 0 Å². The van der Waals surface area contributed by atoms with Crippen LogP contribution in [0, 0.1) is 23.4 Å². The Bertz CT molecular complexity index is 1260. The molecule has 2 atom stereocenters. The number of aliphatic hydroxyl groups excluding tert-OH is 1. The SMILES string of the molecule is C=CCCOc1ccc(-c2ccc(CCc3ccc(C4=CCC(C(C)O)CC4)c(F)c3F)cc2)cc1F. The molecule has 0 bridgehead atoms. The highest BCUT2D eigenvalue weighted by molar-refractivity contribution is 5.67. The molecular weight excluding hydrogens is 473 g/mol. The lowest BCUT2D eigenvalue weighted by Crippen LogP contribution is -2.18. The number of rotatable bonds is 10. The van der Waals surface area contributed by atoms with Crippen molar-refractivity contribution in [3.05, 3.63) is 107 Å². The maximum Gasteiger partial charge on any atom is 0.166 e.